The van der Waals surface area contributed by atoms with Crippen LogP contribution in [0.2, 0.25) is 5.02 Å². The van der Waals surface area contributed by atoms with Crippen LogP contribution in [0.5, 0.6) is 0 Å². The van der Waals surface area contributed by atoms with E-state index in [1.165, 1.54) is 11.3 Å². The van der Waals surface area contributed by atoms with Gasteiger partial charge >= 0.3 is 0 Å². The number of halogens is 1. The van der Waals surface area contributed by atoms with Gasteiger partial charge in [0.05, 0.1) is 33.6 Å². The third-order valence-electron chi connectivity index (χ3n) is 4.41. The predicted molar refractivity (Wildman–Crippen MR) is 101 cm³/mol. The summed E-state index contributed by atoms with van der Waals surface area (Å²) in [6, 6.07) is 5.42. The fourth-order valence-corrected chi connectivity index (χ4v) is 4.37. The highest BCUT2D eigenvalue weighted by molar-refractivity contribution is 7.23. The van der Waals surface area contributed by atoms with E-state index in [1.54, 1.807) is 17.9 Å². The summed E-state index contributed by atoms with van der Waals surface area (Å²) >= 11 is 7.73. The number of anilines is 1. The molecule has 1 saturated heterocycles. The van der Waals surface area contributed by atoms with Gasteiger partial charge in [0.15, 0.2) is 5.13 Å². The summed E-state index contributed by atoms with van der Waals surface area (Å²) in [5.74, 6) is -0.0727. The molecule has 0 saturated carbocycles. The van der Waals surface area contributed by atoms with Gasteiger partial charge in [0, 0.05) is 12.7 Å². The smallest absolute Gasteiger partial charge is 0.298 e. The Morgan fingerprint density at radius 3 is 2.92 bits per heavy atom. The quantitative estimate of drug-likeness (QED) is 0.660. The fourth-order valence-electron chi connectivity index (χ4n) is 3.04. The molecule has 1 aromatic carbocycles. The zero-order valence-electron chi connectivity index (χ0n) is 14.5. The van der Waals surface area contributed by atoms with E-state index in [2.05, 4.69) is 5.16 Å². The molecule has 0 radical (unpaired) electrons. The third kappa shape index (κ3) is 3.22. The maximum absolute atomic E-state index is 13.1. The normalized spacial score (nSPS) is 17.1. The number of thiazole rings is 1. The Hall–Kier alpha value is -1.96. The second-order valence-corrected chi connectivity index (χ2v) is 7.81. The van der Waals surface area contributed by atoms with Gasteiger partial charge in [-0.25, -0.2) is 4.98 Å². The summed E-state index contributed by atoms with van der Waals surface area (Å²) in [6.45, 7) is 4.91. The summed E-state index contributed by atoms with van der Waals surface area (Å²) in [7, 11) is 0. The number of hydrogen-bond donors (Lipinski definition) is 0. The molecule has 3 heterocycles. The molecule has 0 N–H and O–H groups in total. The Balaban J connectivity index is 1.75. The van der Waals surface area contributed by atoms with Crippen molar-refractivity contribution < 1.29 is 14.1 Å². The number of fused-ring (bicyclic) bond motifs is 1. The Morgan fingerprint density at radius 2 is 2.27 bits per heavy atom. The van der Waals surface area contributed by atoms with E-state index in [0.717, 1.165) is 35.2 Å². The van der Waals surface area contributed by atoms with Crippen molar-refractivity contribution >= 4 is 44.2 Å². The summed E-state index contributed by atoms with van der Waals surface area (Å²) < 4.78 is 11.8. The first-order valence-electron chi connectivity index (χ1n) is 8.45. The van der Waals surface area contributed by atoms with E-state index in [4.69, 9.17) is 25.8 Å². The highest BCUT2D eigenvalue weighted by Gasteiger charge is 2.29. The number of rotatable bonds is 4. The molecule has 4 rings (SSSR count). The lowest BCUT2D eigenvalue weighted by Gasteiger charge is -2.21. The SMILES string of the molecule is Cc1cc(C(=O)N(C[C@H]2CCCO2)c2nc3c(C)ccc(Cl)c3s2)on1. The van der Waals surface area contributed by atoms with Crippen LogP contribution in [-0.4, -0.2) is 35.3 Å². The molecule has 0 aliphatic carbocycles. The number of aryl methyl sites for hydroxylation is 2. The van der Waals surface area contributed by atoms with Gasteiger partial charge < -0.3 is 9.26 Å². The van der Waals surface area contributed by atoms with Gasteiger partial charge in [-0.05, 0) is 38.3 Å². The van der Waals surface area contributed by atoms with Gasteiger partial charge in [0.1, 0.15) is 0 Å². The molecule has 0 bridgehead atoms. The molecule has 136 valence electrons. The average Bonchev–Trinajstić information content (AvgIpc) is 3.35. The van der Waals surface area contributed by atoms with Gasteiger partial charge in [-0.2, -0.15) is 0 Å². The van der Waals surface area contributed by atoms with Crippen LogP contribution in [0.4, 0.5) is 5.13 Å². The lowest BCUT2D eigenvalue weighted by Crippen LogP contribution is -2.37. The van der Waals surface area contributed by atoms with E-state index in [9.17, 15) is 4.79 Å². The van der Waals surface area contributed by atoms with Crippen molar-refractivity contribution in [1.29, 1.82) is 0 Å². The van der Waals surface area contributed by atoms with E-state index >= 15 is 0 Å². The van der Waals surface area contributed by atoms with Crippen molar-refractivity contribution in [3.8, 4) is 0 Å². The monoisotopic (exact) mass is 391 g/mol. The molecule has 1 aliphatic rings. The number of nitrogens with zero attached hydrogens (tertiary/aromatic N) is 3. The van der Waals surface area contributed by atoms with Crippen LogP contribution in [0.1, 0.15) is 34.7 Å². The van der Waals surface area contributed by atoms with Crippen molar-refractivity contribution in [2.24, 2.45) is 0 Å². The fraction of sp³-hybridized carbons (Fsp3) is 0.389. The molecule has 2 aromatic heterocycles. The van der Waals surface area contributed by atoms with Crippen molar-refractivity contribution in [3.63, 3.8) is 0 Å². The van der Waals surface area contributed by atoms with Crippen molar-refractivity contribution in [2.45, 2.75) is 32.8 Å². The van der Waals surface area contributed by atoms with Crippen LogP contribution >= 0.6 is 22.9 Å². The second kappa shape index (κ2) is 6.98. The maximum Gasteiger partial charge on any atom is 0.298 e. The average molecular weight is 392 g/mol. The number of hydrogen-bond acceptors (Lipinski definition) is 6. The highest BCUT2D eigenvalue weighted by atomic mass is 35.5. The zero-order chi connectivity index (χ0) is 18.3. The number of carbonyl (C=O) groups is 1. The topological polar surface area (TPSA) is 68.5 Å². The van der Waals surface area contributed by atoms with Crippen LogP contribution in [0.3, 0.4) is 0 Å². The van der Waals surface area contributed by atoms with Gasteiger partial charge in [0.25, 0.3) is 5.91 Å². The standard InChI is InChI=1S/C18H18ClN3O3S/c1-10-5-6-13(19)16-15(10)20-18(26-16)22(9-12-4-3-7-24-12)17(23)14-8-11(2)21-25-14/h5-6,8,12H,3-4,7,9H2,1-2H3/t12-/m1/s1. The van der Waals surface area contributed by atoms with Crippen molar-refractivity contribution in [2.75, 3.05) is 18.1 Å². The molecule has 0 spiro atoms. The number of benzene rings is 1. The number of aromatic nitrogens is 2. The van der Waals surface area contributed by atoms with Crippen LogP contribution in [0, 0.1) is 13.8 Å². The third-order valence-corrected chi connectivity index (χ3v) is 5.95. The Labute approximate surface area is 159 Å². The molecule has 3 aromatic rings. The minimum atomic E-state index is -0.270. The van der Waals surface area contributed by atoms with Crippen LogP contribution in [-0.2, 0) is 4.74 Å². The highest BCUT2D eigenvalue weighted by Crippen LogP contribution is 2.36. The Kier molecular flexibility index (Phi) is 4.69. The molecule has 1 atom stereocenters. The predicted octanol–water partition coefficient (Wildman–Crippen LogP) is 4.38. The van der Waals surface area contributed by atoms with Gasteiger partial charge in [0.2, 0.25) is 5.76 Å². The molecular formula is C18H18ClN3O3S. The Bertz CT molecular complexity index is 923. The van der Waals surface area contributed by atoms with Gasteiger partial charge in [-0.3, -0.25) is 9.69 Å². The van der Waals surface area contributed by atoms with E-state index < -0.39 is 0 Å². The molecule has 1 aliphatic heterocycles. The molecule has 0 unspecified atom stereocenters. The van der Waals surface area contributed by atoms with E-state index in [-0.39, 0.29) is 17.8 Å². The van der Waals surface area contributed by atoms with Crippen molar-refractivity contribution in [3.05, 3.63) is 40.2 Å². The maximum atomic E-state index is 13.1. The number of ether oxygens (including phenoxy) is 1. The van der Waals surface area contributed by atoms with E-state index in [1.807, 2.05) is 19.1 Å². The Morgan fingerprint density at radius 1 is 1.42 bits per heavy atom. The molecule has 1 amide bonds. The minimum absolute atomic E-state index is 0.00782. The van der Waals surface area contributed by atoms with Crippen LogP contribution < -0.4 is 4.90 Å². The molecule has 26 heavy (non-hydrogen) atoms. The summed E-state index contributed by atoms with van der Waals surface area (Å²) in [5, 5.41) is 5.05. The van der Waals surface area contributed by atoms with Gasteiger partial charge in [-0.15, -0.1) is 0 Å². The summed E-state index contributed by atoms with van der Waals surface area (Å²) in [6.07, 6.45) is 1.91. The minimum Gasteiger partial charge on any atom is -0.376 e. The number of carbonyl (C=O) groups excluding carboxylic acids is 1. The van der Waals surface area contributed by atoms with Crippen LogP contribution in [0.25, 0.3) is 10.2 Å². The summed E-state index contributed by atoms with van der Waals surface area (Å²) in [5.41, 5.74) is 2.50. The van der Waals surface area contributed by atoms with Crippen molar-refractivity contribution in [1.82, 2.24) is 10.1 Å². The molecular weight excluding hydrogens is 374 g/mol. The lowest BCUT2D eigenvalue weighted by molar-refractivity contribution is 0.0887. The lowest BCUT2D eigenvalue weighted by atomic mass is 10.2. The first-order chi connectivity index (χ1) is 12.5. The first kappa shape index (κ1) is 17.5. The second-order valence-electron chi connectivity index (χ2n) is 6.42. The summed E-state index contributed by atoms with van der Waals surface area (Å²) in [4.78, 5) is 19.4. The molecule has 1 fully saturated rings. The van der Waals surface area contributed by atoms with Gasteiger partial charge in [-0.1, -0.05) is 34.2 Å². The largest absolute Gasteiger partial charge is 0.376 e. The molecule has 6 nitrogen and oxygen atoms in total. The molecule has 8 heteroatoms. The number of amides is 1. The van der Waals surface area contributed by atoms with Crippen LogP contribution in [0.15, 0.2) is 22.7 Å². The zero-order valence-corrected chi connectivity index (χ0v) is 16.1. The first-order valence-corrected chi connectivity index (χ1v) is 9.65. The van der Waals surface area contributed by atoms with E-state index in [0.29, 0.717) is 22.4 Å².